The fourth-order valence-electron chi connectivity index (χ4n) is 7.29. The van der Waals surface area contributed by atoms with E-state index in [0.717, 1.165) is 24.0 Å². The molecule has 2 aromatic rings. The Hall–Kier alpha value is -4.50. The van der Waals surface area contributed by atoms with Gasteiger partial charge in [0.05, 0.1) is 34.3 Å². The third-order valence-corrected chi connectivity index (χ3v) is 8.91. The minimum absolute atomic E-state index is 0.0370. The van der Waals surface area contributed by atoms with Gasteiger partial charge in [0.25, 0.3) is 5.91 Å². The second kappa shape index (κ2) is 9.52. The van der Waals surface area contributed by atoms with Gasteiger partial charge < -0.3 is 32.5 Å². The second-order valence-corrected chi connectivity index (χ2v) is 11.7. The molecule has 0 aliphatic heterocycles. The molecule has 3 aliphatic rings. The van der Waals surface area contributed by atoms with Crippen molar-refractivity contribution in [2.24, 2.45) is 22.6 Å². The molecule has 0 unspecified atom stereocenters. The summed E-state index contributed by atoms with van der Waals surface area (Å²) in [6.07, 6.45) is 1.25. The predicted octanol–water partition coefficient (Wildman–Crippen LogP) is 1.52. The number of carbonyl (C=O) groups excluding carboxylic acids is 3. The molecule has 2 aromatic carbocycles. The minimum Gasteiger partial charge on any atom is -0.509 e. The third-order valence-electron chi connectivity index (χ3n) is 8.91. The standard InChI is InChI=1S/C31H33N5O6/c1-4-6-15-7-5-8-16(11-15)17-9-10-19(37)20-18(17)12-29(34)13-31(35)25(36(2)3)24(39)21(28(33)42)26(40)30(31,14-32)27(41)22(29)23(20)38/h5,7-11,25,37-38,40H,4,6,12-13,34-35H2,1-3H3,(H2,33,42)/t25-,29-,30+,31-/m1/s1. The van der Waals surface area contributed by atoms with E-state index in [9.17, 15) is 35.0 Å². The van der Waals surface area contributed by atoms with Crippen molar-refractivity contribution in [2.75, 3.05) is 14.1 Å². The fraction of sp³-hybridized carbons (Fsp3) is 0.355. The van der Waals surface area contributed by atoms with Crippen LogP contribution in [0.1, 0.15) is 36.5 Å². The number of phenolic OH excluding ortho intramolecular Hbond substituents is 1. The highest BCUT2D eigenvalue weighted by Gasteiger charge is 2.74. The maximum absolute atomic E-state index is 14.5. The normalized spacial score (nSPS) is 28.7. The summed E-state index contributed by atoms with van der Waals surface area (Å²) in [6.45, 7) is 2.07. The number of carbonyl (C=O) groups is 3. The Morgan fingerprint density at radius 3 is 2.43 bits per heavy atom. The van der Waals surface area contributed by atoms with Gasteiger partial charge in [-0.1, -0.05) is 43.7 Å². The molecule has 1 amide bonds. The number of rotatable bonds is 5. The van der Waals surface area contributed by atoms with Gasteiger partial charge in [-0.15, -0.1) is 0 Å². The number of nitrogens with two attached hydrogens (primary N) is 3. The number of hydrogen-bond donors (Lipinski definition) is 6. The van der Waals surface area contributed by atoms with Crippen LogP contribution in [0.15, 0.2) is 53.3 Å². The molecule has 0 radical (unpaired) electrons. The Morgan fingerprint density at radius 2 is 1.83 bits per heavy atom. The molecule has 11 nitrogen and oxygen atoms in total. The molecule has 1 saturated carbocycles. The average Bonchev–Trinajstić information content (AvgIpc) is 2.88. The van der Waals surface area contributed by atoms with Gasteiger partial charge in [-0.05, 0) is 61.7 Å². The molecule has 3 aliphatic carbocycles. The number of aryl methyl sites for hydroxylation is 1. The van der Waals surface area contributed by atoms with Crippen molar-refractivity contribution in [1.82, 2.24) is 4.90 Å². The second-order valence-electron chi connectivity index (χ2n) is 11.7. The predicted molar refractivity (Wildman–Crippen MR) is 154 cm³/mol. The lowest BCUT2D eigenvalue weighted by Crippen LogP contribution is -2.80. The summed E-state index contributed by atoms with van der Waals surface area (Å²) in [4.78, 5) is 41.7. The zero-order valence-electron chi connectivity index (χ0n) is 23.6. The Kier molecular flexibility index (Phi) is 6.58. The topological polar surface area (TPSA) is 217 Å². The van der Waals surface area contributed by atoms with E-state index in [4.69, 9.17) is 17.2 Å². The van der Waals surface area contributed by atoms with Crippen molar-refractivity contribution >= 4 is 23.2 Å². The zero-order valence-corrected chi connectivity index (χ0v) is 23.6. The minimum atomic E-state index is -2.69. The number of fused-ring (bicyclic) bond motifs is 3. The van der Waals surface area contributed by atoms with Crippen molar-refractivity contribution in [1.29, 1.82) is 5.26 Å². The molecule has 9 N–H and O–H groups in total. The first-order valence-electron chi connectivity index (χ1n) is 13.6. The highest BCUT2D eigenvalue weighted by atomic mass is 16.3. The van der Waals surface area contributed by atoms with E-state index < -0.39 is 69.1 Å². The number of nitrogens with zero attached hydrogens (tertiary/aromatic N) is 2. The molecule has 11 heteroatoms. The Balaban J connectivity index is 1.83. The number of aliphatic hydroxyl groups excluding tert-OH is 2. The number of likely N-dealkylation sites (N-methyl/N-ethyl adjacent to an activating group) is 1. The Morgan fingerprint density at radius 1 is 1.14 bits per heavy atom. The number of amides is 1. The van der Waals surface area contributed by atoms with E-state index in [2.05, 4.69) is 6.92 Å². The number of nitriles is 1. The zero-order chi connectivity index (χ0) is 30.9. The number of benzene rings is 2. The summed E-state index contributed by atoms with van der Waals surface area (Å²) in [5, 5.41) is 44.4. The van der Waals surface area contributed by atoms with Crippen LogP contribution in [-0.2, 0) is 27.2 Å². The van der Waals surface area contributed by atoms with Crippen LogP contribution >= 0.6 is 0 Å². The van der Waals surface area contributed by atoms with Gasteiger partial charge in [0.15, 0.2) is 17.0 Å². The molecule has 0 spiro atoms. The summed E-state index contributed by atoms with van der Waals surface area (Å²) in [7, 11) is 2.96. The SMILES string of the molecule is CCCc1cccc(-c2ccc(O)c3c2C[C@@]2(N)C[C@@]4(N)[C@H](N(C)C)C(=O)C(C(N)=O)=C(O)[C@@]4(C#N)C(=O)C2=C3O)c1. The highest BCUT2D eigenvalue weighted by molar-refractivity contribution is 6.25. The summed E-state index contributed by atoms with van der Waals surface area (Å²) in [6, 6.07) is 11.2. The molecule has 0 bridgehead atoms. The maximum Gasteiger partial charge on any atom is 0.255 e. The van der Waals surface area contributed by atoms with Crippen molar-refractivity contribution in [3.8, 4) is 22.9 Å². The molecular weight excluding hydrogens is 538 g/mol. The van der Waals surface area contributed by atoms with Crippen LogP contribution < -0.4 is 17.2 Å². The Bertz CT molecular complexity index is 1690. The van der Waals surface area contributed by atoms with Crippen LogP contribution in [0.4, 0.5) is 0 Å². The van der Waals surface area contributed by atoms with Crippen molar-refractivity contribution in [3.05, 3.63) is 70.0 Å². The van der Waals surface area contributed by atoms with Crippen molar-refractivity contribution < 1.29 is 29.7 Å². The molecule has 5 rings (SSSR count). The van der Waals surface area contributed by atoms with E-state index in [1.54, 1.807) is 12.1 Å². The van der Waals surface area contributed by atoms with Crippen molar-refractivity contribution in [3.63, 3.8) is 0 Å². The summed E-state index contributed by atoms with van der Waals surface area (Å²) < 4.78 is 0. The van der Waals surface area contributed by atoms with Crippen LogP contribution in [0.5, 0.6) is 5.75 Å². The Labute approximate surface area is 242 Å². The van der Waals surface area contributed by atoms with Crippen LogP contribution in [-0.4, -0.2) is 68.9 Å². The average molecular weight is 572 g/mol. The smallest absolute Gasteiger partial charge is 0.255 e. The van der Waals surface area contributed by atoms with Gasteiger partial charge in [-0.3, -0.25) is 19.3 Å². The maximum atomic E-state index is 14.5. The number of hydrogen-bond acceptors (Lipinski definition) is 10. The summed E-state index contributed by atoms with van der Waals surface area (Å²) in [5.41, 5.74) is 14.3. The molecular formula is C31H33N5O6. The van der Waals surface area contributed by atoms with Gasteiger partial charge in [-0.2, -0.15) is 5.26 Å². The molecule has 4 atom stereocenters. The third kappa shape index (κ3) is 3.59. The lowest BCUT2D eigenvalue weighted by molar-refractivity contribution is -0.139. The lowest BCUT2D eigenvalue weighted by atomic mass is 9.47. The van der Waals surface area contributed by atoms with Gasteiger partial charge in [-0.25, -0.2) is 0 Å². The number of primary amides is 1. The molecule has 0 heterocycles. The van der Waals surface area contributed by atoms with Gasteiger partial charge in [0, 0.05) is 0 Å². The lowest BCUT2D eigenvalue weighted by Gasteiger charge is -2.58. The number of Topliss-reactive ketones (excluding diaryl/α,β-unsaturated/α-hetero) is 2. The van der Waals surface area contributed by atoms with Crippen molar-refractivity contribution in [2.45, 2.75) is 49.7 Å². The van der Waals surface area contributed by atoms with Gasteiger partial charge in [0.1, 0.15) is 22.8 Å². The van der Waals surface area contributed by atoms with E-state index in [0.29, 0.717) is 11.1 Å². The summed E-state index contributed by atoms with van der Waals surface area (Å²) in [5.74, 6) is -5.62. The number of ketones is 2. The number of aromatic hydroxyl groups is 1. The first-order chi connectivity index (χ1) is 19.7. The molecule has 0 aromatic heterocycles. The fourth-order valence-corrected chi connectivity index (χ4v) is 7.29. The summed E-state index contributed by atoms with van der Waals surface area (Å²) >= 11 is 0. The van der Waals surface area contributed by atoms with Crippen LogP contribution in [0.25, 0.3) is 16.9 Å². The molecule has 1 fully saturated rings. The van der Waals surface area contributed by atoms with E-state index in [-0.39, 0.29) is 17.7 Å². The van der Waals surface area contributed by atoms with E-state index >= 15 is 0 Å². The quantitative estimate of drug-likeness (QED) is 0.284. The van der Waals surface area contributed by atoms with Crippen LogP contribution in [0, 0.1) is 16.7 Å². The highest BCUT2D eigenvalue weighted by Crippen LogP contribution is 2.58. The van der Waals surface area contributed by atoms with Crippen LogP contribution in [0.3, 0.4) is 0 Å². The van der Waals surface area contributed by atoms with Crippen LogP contribution in [0.2, 0.25) is 0 Å². The van der Waals surface area contributed by atoms with E-state index in [1.165, 1.54) is 25.1 Å². The molecule has 42 heavy (non-hydrogen) atoms. The first-order valence-corrected chi connectivity index (χ1v) is 13.6. The van der Waals surface area contributed by atoms with E-state index in [1.807, 2.05) is 24.3 Å². The first kappa shape index (κ1) is 29.0. The monoisotopic (exact) mass is 571 g/mol. The van der Waals surface area contributed by atoms with Gasteiger partial charge >= 0.3 is 0 Å². The molecule has 218 valence electrons. The largest absolute Gasteiger partial charge is 0.509 e. The molecule has 0 saturated heterocycles. The number of phenols is 1. The number of aliphatic hydroxyl groups is 2. The van der Waals surface area contributed by atoms with Gasteiger partial charge in [0.2, 0.25) is 0 Å².